The van der Waals surface area contributed by atoms with Crippen molar-refractivity contribution in [1.82, 2.24) is 19.9 Å². The smallest absolute Gasteiger partial charge is 0.368 e. The van der Waals surface area contributed by atoms with Crippen LogP contribution >= 0.6 is 15.9 Å². The number of alkyl halides is 3. The summed E-state index contributed by atoms with van der Waals surface area (Å²) in [5, 5.41) is 6.77. The zero-order valence-electron chi connectivity index (χ0n) is 12.7. The minimum atomic E-state index is -4.62. The number of rotatable bonds is 2. The fraction of sp³-hybridized carbons (Fsp3) is 0.188. The lowest BCUT2D eigenvalue weighted by Gasteiger charge is -2.09. The first-order valence-electron chi connectivity index (χ1n) is 7.45. The number of hydrogen-bond donors (Lipinski definition) is 1. The summed E-state index contributed by atoms with van der Waals surface area (Å²) in [5.41, 5.74) is 1.87. The Labute approximate surface area is 148 Å². The van der Waals surface area contributed by atoms with Crippen LogP contribution in [0.5, 0.6) is 0 Å². The number of halogens is 4. The normalized spacial score (nSPS) is 14.6. The molecule has 1 aliphatic rings. The van der Waals surface area contributed by atoms with Crippen LogP contribution in [0, 0.1) is 0 Å². The van der Waals surface area contributed by atoms with Gasteiger partial charge in [0.25, 0.3) is 5.82 Å². The molecule has 0 aliphatic carbocycles. The molecule has 4 rings (SSSR count). The van der Waals surface area contributed by atoms with Crippen LogP contribution in [0.15, 0.2) is 45.9 Å². The third kappa shape index (κ3) is 2.88. The Balaban J connectivity index is 1.99. The maximum absolute atomic E-state index is 13.1. The van der Waals surface area contributed by atoms with E-state index in [-0.39, 0.29) is 5.65 Å². The van der Waals surface area contributed by atoms with E-state index in [9.17, 15) is 13.2 Å². The van der Waals surface area contributed by atoms with Crippen LogP contribution in [0.3, 0.4) is 0 Å². The third-order valence-corrected chi connectivity index (χ3v) is 4.28. The Morgan fingerprint density at radius 2 is 2.00 bits per heavy atom. The third-order valence-electron chi connectivity index (χ3n) is 3.79. The molecule has 1 aliphatic heterocycles. The molecule has 0 spiro atoms. The molecule has 0 saturated carbocycles. The molecule has 3 heterocycles. The zero-order valence-corrected chi connectivity index (χ0v) is 14.3. The monoisotopic (exact) mass is 409 g/mol. The van der Waals surface area contributed by atoms with Crippen LogP contribution in [0.1, 0.15) is 11.4 Å². The molecule has 1 aromatic carbocycles. The summed E-state index contributed by atoms with van der Waals surface area (Å²) in [6.45, 7) is 1.23. The fourth-order valence-corrected chi connectivity index (χ4v) is 3.11. The number of nitrogens with zero attached hydrogens (tertiary/aromatic N) is 4. The lowest BCUT2D eigenvalue weighted by atomic mass is 10.1. The predicted molar refractivity (Wildman–Crippen MR) is 90.5 cm³/mol. The quantitative estimate of drug-likeness (QED) is 0.704. The van der Waals surface area contributed by atoms with Crippen molar-refractivity contribution in [2.45, 2.75) is 6.18 Å². The van der Waals surface area contributed by atoms with Gasteiger partial charge in [-0.3, -0.25) is 4.99 Å². The topological polar surface area (TPSA) is 54.6 Å². The van der Waals surface area contributed by atoms with Crippen molar-refractivity contribution in [1.29, 1.82) is 0 Å². The summed E-state index contributed by atoms with van der Waals surface area (Å²) in [7, 11) is 0. The molecule has 1 N–H and O–H groups in total. The van der Waals surface area contributed by atoms with Gasteiger partial charge < -0.3 is 5.32 Å². The van der Waals surface area contributed by atoms with E-state index in [0.717, 1.165) is 10.0 Å². The average molecular weight is 410 g/mol. The van der Waals surface area contributed by atoms with Gasteiger partial charge in [-0.05, 0) is 24.3 Å². The summed E-state index contributed by atoms with van der Waals surface area (Å²) < 4.78 is 41.5. The van der Waals surface area contributed by atoms with Gasteiger partial charge in [-0.25, -0.2) is 9.50 Å². The van der Waals surface area contributed by atoms with Gasteiger partial charge in [0.1, 0.15) is 5.84 Å². The van der Waals surface area contributed by atoms with Crippen LogP contribution in [0.25, 0.3) is 16.9 Å². The largest absolute Gasteiger partial charge is 0.453 e. The molecule has 0 unspecified atom stereocenters. The number of hydrogen-bond acceptors (Lipinski definition) is 4. The number of benzene rings is 1. The van der Waals surface area contributed by atoms with E-state index < -0.39 is 12.0 Å². The van der Waals surface area contributed by atoms with Gasteiger partial charge >= 0.3 is 6.18 Å². The van der Waals surface area contributed by atoms with Gasteiger partial charge in [-0.15, -0.1) is 5.10 Å². The van der Waals surface area contributed by atoms with E-state index in [1.807, 2.05) is 18.2 Å². The van der Waals surface area contributed by atoms with Gasteiger partial charge in [0, 0.05) is 16.6 Å². The molecule has 25 heavy (non-hydrogen) atoms. The predicted octanol–water partition coefficient (Wildman–Crippen LogP) is 3.53. The van der Waals surface area contributed by atoms with Crippen LogP contribution in [-0.4, -0.2) is 33.5 Å². The van der Waals surface area contributed by atoms with E-state index in [2.05, 4.69) is 36.3 Å². The zero-order chi connectivity index (χ0) is 17.6. The second-order valence-corrected chi connectivity index (χ2v) is 6.38. The molecule has 2 aromatic heterocycles. The number of nitrogens with one attached hydrogen (secondary N) is 1. The Bertz CT molecular complexity index is 993. The molecule has 0 fully saturated rings. The lowest BCUT2D eigenvalue weighted by molar-refractivity contribution is -0.144. The second-order valence-electron chi connectivity index (χ2n) is 5.47. The van der Waals surface area contributed by atoms with Crippen molar-refractivity contribution < 1.29 is 13.2 Å². The maximum Gasteiger partial charge on any atom is 0.453 e. The van der Waals surface area contributed by atoms with Crippen LogP contribution in [0.2, 0.25) is 0 Å². The summed E-state index contributed by atoms with van der Waals surface area (Å²) >= 11 is 3.37. The first kappa shape index (κ1) is 16.1. The molecule has 128 valence electrons. The summed E-state index contributed by atoms with van der Waals surface area (Å²) in [4.78, 5) is 8.01. The fourth-order valence-electron chi connectivity index (χ4n) is 2.71. The van der Waals surface area contributed by atoms with E-state index in [1.54, 1.807) is 18.2 Å². The van der Waals surface area contributed by atoms with Gasteiger partial charge in [0.15, 0.2) is 5.65 Å². The van der Waals surface area contributed by atoms with Crippen molar-refractivity contribution in [2.24, 2.45) is 4.99 Å². The van der Waals surface area contributed by atoms with Crippen molar-refractivity contribution in [3.05, 3.63) is 52.3 Å². The molecule has 3 aromatic rings. The van der Waals surface area contributed by atoms with Gasteiger partial charge in [-0.2, -0.15) is 13.2 Å². The van der Waals surface area contributed by atoms with E-state index in [4.69, 9.17) is 0 Å². The Morgan fingerprint density at radius 1 is 1.16 bits per heavy atom. The summed E-state index contributed by atoms with van der Waals surface area (Å²) in [6.07, 6.45) is -4.62. The second kappa shape index (κ2) is 5.83. The first-order chi connectivity index (χ1) is 11.9. The van der Waals surface area contributed by atoms with Gasteiger partial charge in [0.05, 0.1) is 17.8 Å². The molecule has 0 radical (unpaired) electrons. The van der Waals surface area contributed by atoms with Crippen LogP contribution < -0.4 is 5.32 Å². The van der Waals surface area contributed by atoms with Crippen LogP contribution in [-0.2, 0) is 6.18 Å². The Morgan fingerprint density at radius 3 is 2.68 bits per heavy atom. The summed E-state index contributed by atoms with van der Waals surface area (Å²) in [5.74, 6) is -0.637. The Hall–Kier alpha value is -2.42. The van der Waals surface area contributed by atoms with Crippen LogP contribution in [0.4, 0.5) is 13.2 Å². The minimum absolute atomic E-state index is 0.123. The molecule has 0 atom stereocenters. The van der Waals surface area contributed by atoms with Crippen molar-refractivity contribution in [3.8, 4) is 11.3 Å². The Kier molecular flexibility index (Phi) is 3.75. The highest BCUT2D eigenvalue weighted by atomic mass is 79.9. The molecule has 0 saturated heterocycles. The average Bonchev–Trinajstić information content (AvgIpc) is 3.23. The highest BCUT2D eigenvalue weighted by Crippen LogP contribution is 2.30. The standard InChI is InChI=1S/C16H11BrF3N5/c17-10-3-1-2-9(8-10)12-5-4-11(13-21-6-7-22-13)14-23-15(16(18,19)20)24-25(12)14/h1-5,8H,6-7H2,(H,21,22). The molecule has 0 amide bonds. The molecule has 5 nitrogen and oxygen atoms in total. The lowest BCUT2D eigenvalue weighted by Crippen LogP contribution is -2.20. The van der Waals surface area contributed by atoms with Gasteiger partial charge in [-0.1, -0.05) is 28.1 Å². The van der Waals surface area contributed by atoms with E-state index in [0.29, 0.717) is 30.2 Å². The van der Waals surface area contributed by atoms with E-state index in [1.165, 1.54) is 4.52 Å². The molecule has 9 heteroatoms. The summed E-state index contributed by atoms with van der Waals surface area (Å²) in [6, 6.07) is 10.7. The van der Waals surface area contributed by atoms with Crippen molar-refractivity contribution in [3.63, 3.8) is 0 Å². The number of aromatic nitrogens is 3. The minimum Gasteiger partial charge on any atom is -0.368 e. The van der Waals surface area contributed by atoms with Gasteiger partial charge in [0.2, 0.25) is 0 Å². The molecular formula is C16H11BrF3N5. The van der Waals surface area contributed by atoms with E-state index >= 15 is 0 Å². The number of fused-ring (bicyclic) bond motifs is 1. The number of amidine groups is 1. The first-order valence-corrected chi connectivity index (χ1v) is 8.24. The highest BCUT2D eigenvalue weighted by Gasteiger charge is 2.37. The maximum atomic E-state index is 13.1. The molecule has 0 bridgehead atoms. The SMILES string of the molecule is FC(F)(F)c1nc2c(C3=NCCN3)ccc(-c3cccc(Br)c3)n2n1. The van der Waals surface area contributed by atoms with Crippen molar-refractivity contribution >= 4 is 27.4 Å². The number of aliphatic imine (C=N–C) groups is 1. The van der Waals surface area contributed by atoms with Crippen molar-refractivity contribution in [2.75, 3.05) is 13.1 Å². The molecular weight excluding hydrogens is 399 g/mol. The number of pyridine rings is 1. The highest BCUT2D eigenvalue weighted by molar-refractivity contribution is 9.10.